The first kappa shape index (κ1) is 48.1. The van der Waals surface area contributed by atoms with Crippen molar-refractivity contribution >= 4 is 17.9 Å². The highest BCUT2D eigenvalue weighted by Crippen LogP contribution is 2.12. The highest BCUT2D eigenvalue weighted by atomic mass is 16.6. The number of unbranched alkanes of at least 4 members (excludes halogenated alkanes) is 17. The van der Waals surface area contributed by atoms with E-state index in [1.165, 1.54) is 51.4 Å². The Morgan fingerprint density at radius 1 is 0.412 bits per heavy atom. The topological polar surface area (TPSA) is 78.9 Å². The van der Waals surface area contributed by atoms with E-state index in [2.05, 4.69) is 75.5 Å². The van der Waals surface area contributed by atoms with Crippen molar-refractivity contribution in [3.8, 4) is 0 Å². The zero-order chi connectivity index (χ0) is 37.3. The SMILES string of the molecule is CC\C=C/C=C\C=C/CCCCCCCC(=O)OCC(COC(=O)CCC/C=C\CCCCCC)OC(=O)CCCCCCC/C=C\CCCC. The quantitative estimate of drug-likeness (QED) is 0.0211. The van der Waals surface area contributed by atoms with E-state index in [1.54, 1.807) is 0 Å². The van der Waals surface area contributed by atoms with Crippen LogP contribution in [0.4, 0.5) is 0 Å². The number of rotatable bonds is 36. The van der Waals surface area contributed by atoms with Gasteiger partial charge in [0.1, 0.15) is 13.2 Å². The van der Waals surface area contributed by atoms with Gasteiger partial charge in [-0.25, -0.2) is 0 Å². The second-order valence-corrected chi connectivity index (χ2v) is 13.6. The third-order valence-electron chi connectivity index (χ3n) is 8.54. The van der Waals surface area contributed by atoms with Crippen LogP contribution in [-0.4, -0.2) is 37.2 Å². The summed E-state index contributed by atoms with van der Waals surface area (Å²) in [7, 11) is 0. The van der Waals surface area contributed by atoms with Gasteiger partial charge < -0.3 is 14.2 Å². The largest absolute Gasteiger partial charge is 0.462 e. The van der Waals surface area contributed by atoms with Crippen LogP contribution in [0.1, 0.15) is 188 Å². The van der Waals surface area contributed by atoms with E-state index in [-0.39, 0.29) is 31.1 Å². The van der Waals surface area contributed by atoms with Gasteiger partial charge in [-0.2, -0.15) is 0 Å². The molecule has 0 aromatic rings. The molecule has 1 atom stereocenters. The monoisotopic (exact) mass is 713 g/mol. The van der Waals surface area contributed by atoms with E-state index >= 15 is 0 Å². The van der Waals surface area contributed by atoms with Crippen LogP contribution in [0.5, 0.6) is 0 Å². The molecule has 6 nitrogen and oxygen atoms in total. The zero-order valence-corrected chi connectivity index (χ0v) is 33.1. The Morgan fingerprint density at radius 3 is 1.37 bits per heavy atom. The number of carbonyl (C=O) groups is 3. The first-order chi connectivity index (χ1) is 25.0. The lowest BCUT2D eigenvalue weighted by Gasteiger charge is -2.18. The maximum atomic E-state index is 12.6. The minimum absolute atomic E-state index is 0.0978. The van der Waals surface area contributed by atoms with Crippen molar-refractivity contribution in [3.63, 3.8) is 0 Å². The molecule has 0 aromatic carbocycles. The standard InChI is InChI=1S/C45H76O6/c1-4-7-10-13-16-19-21-22-24-26-29-32-35-38-44(47)50-41-42(40-49-43(46)37-34-31-28-25-18-15-12-9-6-3)51-45(48)39-36-33-30-27-23-20-17-14-11-8-5-2/h7,10,13-14,16-17,19,21,25,28,42H,4-6,8-9,11-12,15,18,20,22-24,26-27,29-41H2,1-3H3/b10-7-,16-13-,17-14-,21-19-,28-25-. The van der Waals surface area contributed by atoms with Crippen LogP contribution in [0.3, 0.4) is 0 Å². The second kappa shape index (κ2) is 39.9. The van der Waals surface area contributed by atoms with Gasteiger partial charge in [0.2, 0.25) is 0 Å². The molecule has 51 heavy (non-hydrogen) atoms. The van der Waals surface area contributed by atoms with Crippen molar-refractivity contribution < 1.29 is 28.6 Å². The first-order valence-corrected chi connectivity index (χ1v) is 20.8. The van der Waals surface area contributed by atoms with Crippen molar-refractivity contribution in [2.24, 2.45) is 0 Å². The summed E-state index contributed by atoms with van der Waals surface area (Å²) in [4.78, 5) is 37.5. The fourth-order valence-electron chi connectivity index (χ4n) is 5.37. The molecule has 0 spiro atoms. The summed E-state index contributed by atoms with van der Waals surface area (Å²) < 4.78 is 16.6. The predicted octanol–water partition coefficient (Wildman–Crippen LogP) is 13.0. The summed E-state index contributed by atoms with van der Waals surface area (Å²) in [6.45, 7) is 6.35. The van der Waals surface area contributed by atoms with Crippen LogP contribution < -0.4 is 0 Å². The molecule has 1 unspecified atom stereocenters. The lowest BCUT2D eigenvalue weighted by Crippen LogP contribution is -2.30. The third kappa shape index (κ3) is 38.2. The summed E-state index contributed by atoms with van der Waals surface area (Å²) >= 11 is 0. The Bertz CT molecular complexity index is 960. The van der Waals surface area contributed by atoms with Gasteiger partial charge in [-0.3, -0.25) is 14.4 Å². The molecule has 0 bridgehead atoms. The minimum atomic E-state index is -0.793. The van der Waals surface area contributed by atoms with Crippen LogP contribution in [0, 0.1) is 0 Å². The van der Waals surface area contributed by atoms with Crippen LogP contribution in [0.25, 0.3) is 0 Å². The molecule has 0 aliphatic carbocycles. The van der Waals surface area contributed by atoms with Gasteiger partial charge in [0.05, 0.1) is 0 Å². The van der Waals surface area contributed by atoms with E-state index in [4.69, 9.17) is 14.2 Å². The average Bonchev–Trinajstić information content (AvgIpc) is 3.12. The van der Waals surface area contributed by atoms with Crippen molar-refractivity contribution in [3.05, 3.63) is 60.8 Å². The van der Waals surface area contributed by atoms with Crippen molar-refractivity contribution in [1.29, 1.82) is 0 Å². The number of ether oxygens (including phenoxy) is 3. The highest BCUT2D eigenvalue weighted by Gasteiger charge is 2.19. The zero-order valence-electron chi connectivity index (χ0n) is 33.1. The predicted molar refractivity (Wildman–Crippen MR) is 215 cm³/mol. The van der Waals surface area contributed by atoms with Crippen LogP contribution >= 0.6 is 0 Å². The summed E-state index contributed by atoms with van der Waals surface area (Å²) in [6.07, 6.45) is 46.4. The Kier molecular flexibility index (Phi) is 37.6. The molecule has 0 rings (SSSR count). The van der Waals surface area contributed by atoms with Gasteiger partial charge in [0.25, 0.3) is 0 Å². The number of allylic oxidation sites excluding steroid dienone is 10. The molecule has 0 heterocycles. The van der Waals surface area contributed by atoms with E-state index in [9.17, 15) is 14.4 Å². The molecule has 0 aliphatic heterocycles. The van der Waals surface area contributed by atoms with E-state index in [1.807, 2.05) is 6.08 Å². The second-order valence-electron chi connectivity index (χ2n) is 13.6. The molecule has 0 aromatic heterocycles. The lowest BCUT2D eigenvalue weighted by atomic mass is 10.1. The number of hydrogen-bond donors (Lipinski definition) is 0. The molecule has 0 amide bonds. The number of carbonyl (C=O) groups excluding carboxylic acids is 3. The van der Waals surface area contributed by atoms with Gasteiger partial charge >= 0.3 is 17.9 Å². The molecule has 0 aliphatic rings. The van der Waals surface area contributed by atoms with E-state index in [0.29, 0.717) is 25.7 Å². The average molecular weight is 713 g/mol. The maximum Gasteiger partial charge on any atom is 0.306 e. The molecule has 0 fully saturated rings. The fourth-order valence-corrected chi connectivity index (χ4v) is 5.37. The lowest BCUT2D eigenvalue weighted by molar-refractivity contribution is -0.167. The Labute approximate surface area is 313 Å². The van der Waals surface area contributed by atoms with Gasteiger partial charge in [-0.15, -0.1) is 0 Å². The summed E-state index contributed by atoms with van der Waals surface area (Å²) in [6, 6.07) is 0. The van der Waals surface area contributed by atoms with Crippen LogP contribution in [0.2, 0.25) is 0 Å². The Hall–Kier alpha value is -2.89. The molecular weight excluding hydrogens is 636 g/mol. The smallest absolute Gasteiger partial charge is 0.306 e. The maximum absolute atomic E-state index is 12.6. The molecule has 0 N–H and O–H groups in total. The molecule has 292 valence electrons. The van der Waals surface area contributed by atoms with E-state index in [0.717, 1.165) is 89.9 Å². The van der Waals surface area contributed by atoms with Gasteiger partial charge in [-0.1, -0.05) is 152 Å². The van der Waals surface area contributed by atoms with Crippen molar-refractivity contribution in [1.82, 2.24) is 0 Å². The molecule has 0 saturated carbocycles. The normalized spacial score (nSPS) is 12.6. The summed E-state index contributed by atoms with van der Waals surface area (Å²) in [5.74, 6) is -0.972. The molecule has 0 radical (unpaired) electrons. The van der Waals surface area contributed by atoms with Crippen molar-refractivity contribution in [2.75, 3.05) is 13.2 Å². The fraction of sp³-hybridized carbons (Fsp3) is 0.711. The Balaban J connectivity index is 4.45. The number of esters is 3. The molecule has 6 heteroatoms. The van der Waals surface area contributed by atoms with Crippen LogP contribution in [-0.2, 0) is 28.6 Å². The minimum Gasteiger partial charge on any atom is -0.462 e. The van der Waals surface area contributed by atoms with Crippen LogP contribution in [0.15, 0.2) is 60.8 Å². The Morgan fingerprint density at radius 2 is 0.824 bits per heavy atom. The van der Waals surface area contributed by atoms with Gasteiger partial charge in [-0.05, 0) is 77.0 Å². The highest BCUT2D eigenvalue weighted by molar-refractivity contribution is 5.71. The van der Waals surface area contributed by atoms with Crippen molar-refractivity contribution in [2.45, 2.75) is 194 Å². The first-order valence-electron chi connectivity index (χ1n) is 20.8. The summed E-state index contributed by atoms with van der Waals surface area (Å²) in [5.41, 5.74) is 0. The summed E-state index contributed by atoms with van der Waals surface area (Å²) in [5, 5.41) is 0. The molecular formula is C45H76O6. The third-order valence-corrected chi connectivity index (χ3v) is 8.54. The van der Waals surface area contributed by atoms with Gasteiger partial charge in [0.15, 0.2) is 6.10 Å². The molecule has 0 saturated heterocycles. The van der Waals surface area contributed by atoms with E-state index < -0.39 is 6.10 Å². The number of hydrogen-bond acceptors (Lipinski definition) is 6. The van der Waals surface area contributed by atoms with Gasteiger partial charge in [0, 0.05) is 19.3 Å².